The number of anilines is 1. The molecule has 4 amide bonds. The molecule has 3 aromatic rings. The minimum Gasteiger partial charge on any atom is -0.465 e. The maximum Gasteiger partial charge on any atom is 0.410 e. The Kier molecular flexibility index (Phi) is 11.9. The first kappa shape index (κ1) is 37.5. The van der Waals surface area contributed by atoms with Crippen molar-refractivity contribution < 1.29 is 28.7 Å². The van der Waals surface area contributed by atoms with Crippen molar-refractivity contribution in [2.75, 3.05) is 64.3 Å². The van der Waals surface area contributed by atoms with Crippen LogP contribution < -0.4 is 5.32 Å². The van der Waals surface area contributed by atoms with Gasteiger partial charge in [0.25, 0.3) is 5.91 Å². The predicted molar refractivity (Wildman–Crippen MR) is 204 cm³/mol. The molecule has 13 nitrogen and oxygen atoms in total. The summed E-state index contributed by atoms with van der Waals surface area (Å²) in [5, 5.41) is 3.06. The molecule has 7 rings (SSSR count). The number of para-hydroxylation sites is 1. The van der Waals surface area contributed by atoms with Gasteiger partial charge < -0.3 is 29.5 Å². The van der Waals surface area contributed by atoms with E-state index in [1.54, 1.807) is 17.3 Å². The molecule has 5 heterocycles. The Morgan fingerprint density at radius 1 is 0.870 bits per heavy atom. The molecular formula is C41H53N7O6. The van der Waals surface area contributed by atoms with E-state index in [9.17, 15) is 19.2 Å². The number of rotatable bonds is 9. The van der Waals surface area contributed by atoms with Gasteiger partial charge in [-0.2, -0.15) is 0 Å². The molecule has 4 aliphatic heterocycles. The van der Waals surface area contributed by atoms with Crippen molar-refractivity contribution in [3.05, 3.63) is 65.5 Å². The molecule has 0 radical (unpaired) electrons. The number of hydrogen-bond acceptors (Lipinski definition) is 9. The number of esters is 1. The Hall–Kier alpha value is -4.78. The smallest absolute Gasteiger partial charge is 0.410 e. The number of aryl methyl sites for hydroxylation is 1. The van der Waals surface area contributed by atoms with Crippen molar-refractivity contribution in [3.8, 4) is 0 Å². The molecule has 13 heteroatoms. The summed E-state index contributed by atoms with van der Waals surface area (Å²) < 4.78 is 11.3. The first-order valence-corrected chi connectivity index (χ1v) is 19.7. The number of aromatic nitrogens is 2. The fourth-order valence-corrected chi connectivity index (χ4v) is 8.89. The van der Waals surface area contributed by atoms with Crippen LogP contribution in [0.2, 0.25) is 0 Å². The molecule has 54 heavy (non-hydrogen) atoms. The van der Waals surface area contributed by atoms with Crippen molar-refractivity contribution >= 4 is 40.7 Å². The van der Waals surface area contributed by atoms with Crippen LogP contribution in [0.4, 0.5) is 15.3 Å². The van der Waals surface area contributed by atoms with Gasteiger partial charge in [-0.25, -0.2) is 9.59 Å². The Labute approximate surface area is 317 Å². The predicted octanol–water partition coefficient (Wildman–Crippen LogP) is 5.05. The minimum atomic E-state index is -0.985. The zero-order chi connectivity index (χ0) is 37.6. The molecule has 0 bridgehead atoms. The molecule has 0 spiro atoms. The highest BCUT2D eigenvalue weighted by Gasteiger charge is 2.37. The van der Waals surface area contributed by atoms with Crippen molar-refractivity contribution in [2.24, 2.45) is 11.8 Å². The Balaban J connectivity index is 0.973. The molecule has 4 aliphatic rings. The lowest BCUT2D eigenvalue weighted by atomic mass is 9.78. The summed E-state index contributed by atoms with van der Waals surface area (Å²) in [6.07, 6.45) is 8.00. The third-order valence-electron chi connectivity index (χ3n) is 11.9. The van der Waals surface area contributed by atoms with E-state index in [4.69, 9.17) is 9.47 Å². The summed E-state index contributed by atoms with van der Waals surface area (Å²) in [6, 6.07) is 11.7. The average Bonchev–Trinajstić information content (AvgIpc) is 3.36. The van der Waals surface area contributed by atoms with Gasteiger partial charge in [-0.05, 0) is 113 Å². The lowest BCUT2D eigenvalue weighted by Crippen LogP contribution is -2.52. The number of ether oxygens (including phenoxy) is 2. The molecule has 0 unspecified atom stereocenters. The van der Waals surface area contributed by atoms with Gasteiger partial charge in [0.05, 0.1) is 24.2 Å². The van der Waals surface area contributed by atoms with E-state index in [0.29, 0.717) is 70.6 Å². The van der Waals surface area contributed by atoms with Gasteiger partial charge in [-0.15, -0.1) is 0 Å². The first-order valence-electron chi connectivity index (χ1n) is 19.7. The second-order valence-electron chi connectivity index (χ2n) is 15.2. The molecule has 288 valence electrons. The molecule has 1 atom stereocenters. The van der Waals surface area contributed by atoms with Crippen molar-refractivity contribution in [1.29, 1.82) is 0 Å². The number of urea groups is 1. The zero-order valence-corrected chi connectivity index (χ0v) is 31.6. The molecule has 3 saturated heterocycles. The number of carbonyl (C=O) groups excluding carboxylic acids is 4. The Morgan fingerprint density at radius 2 is 1.56 bits per heavy atom. The van der Waals surface area contributed by atoms with E-state index in [1.165, 1.54) is 0 Å². The fourth-order valence-electron chi connectivity index (χ4n) is 8.89. The number of piperidine rings is 3. The van der Waals surface area contributed by atoms with Gasteiger partial charge in [0.15, 0.2) is 6.10 Å². The van der Waals surface area contributed by atoms with E-state index < -0.39 is 12.2 Å². The number of benzene rings is 2. The monoisotopic (exact) mass is 739 g/mol. The van der Waals surface area contributed by atoms with Gasteiger partial charge >= 0.3 is 18.1 Å². The summed E-state index contributed by atoms with van der Waals surface area (Å²) in [5.41, 5.74) is 5.33. The number of nitrogens with zero attached hydrogens (tertiary/aromatic N) is 6. The summed E-state index contributed by atoms with van der Waals surface area (Å²) in [7, 11) is 0. The number of nitrogens with one attached hydrogen (secondary N) is 1. The molecule has 0 aliphatic carbocycles. The molecule has 1 aromatic heterocycles. The van der Waals surface area contributed by atoms with E-state index in [2.05, 4.69) is 20.2 Å². The summed E-state index contributed by atoms with van der Waals surface area (Å²) in [6.45, 7) is 9.06. The second kappa shape index (κ2) is 17.1. The van der Waals surface area contributed by atoms with Gasteiger partial charge in [-0.3, -0.25) is 24.5 Å². The number of carbonyl (C=O) groups is 4. The van der Waals surface area contributed by atoms with E-state index in [0.717, 1.165) is 78.6 Å². The van der Waals surface area contributed by atoms with Gasteiger partial charge in [0.1, 0.15) is 0 Å². The van der Waals surface area contributed by atoms with E-state index in [-0.39, 0.29) is 30.4 Å². The van der Waals surface area contributed by atoms with E-state index >= 15 is 0 Å². The third kappa shape index (κ3) is 8.77. The largest absolute Gasteiger partial charge is 0.465 e. The maximum atomic E-state index is 14.3. The molecular weight excluding hydrogens is 686 g/mol. The topological polar surface area (TPSA) is 138 Å². The van der Waals surface area contributed by atoms with Gasteiger partial charge in [0.2, 0.25) is 0 Å². The Morgan fingerprint density at radius 3 is 2.30 bits per heavy atom. The van der Waals surface area contributed by atoms with Crippen LogP contribution in [0, 0.1) is 18.8 Å². The van der Waals surface area contributed by atoms with Gasteiger partial charge in [-0.1, -0.05) is 24.3 Å². The quantitative estimate of drug-likeness (QED) is 0.299. The van der Waals surface area contributed by atoms with Crippen LogP contribution >= 0.6 is 0 Å². The van der Waals surface area contributed by atoms with Crippen molar-refractivity contribution in [2.45, 2.75) is 77.4 Å². The van der Waals surface area contributed by atoms with Crippen LogP contribution in [0.5, 0.6) is 0 Å². The van der Waals surface area contributed by atoms with Crippen molar-refractivity contribution in [3.63, 3.8) is 0 Å². The fraction of sp³-hybridized carbons (Fsp3) is 0.561. The lowest BCUT2D eigenvalue weighted by Gasteiger charge is -2.41. The van der Waals surface area contributed by atoms with E-state index in [1.807, 2.05) is 60.0 Å². The molecule has 1 N–H and O–H groups in total. The highest BCUT2D eigenvalue weighted by atomic mass is 16.6. The first-order chi connectivity index (χ1) is 26.2. The van der Waals surface area contributed by atoms with Crippen molar-refractivity contribution in [1.82, 2.24) is 29.6 Å². The second-order valence-corrected chi connectivity index (χ2v) is 15.2. The summed E-state index contributed by atoms with van der Waals surface area (Å²) in [5.74, 6) is 0.749. The number of amides is 4. The SMILES string of the molecule is CCOC(=O)CN1CCC(C2CCN(C(=O)[C@@H](Cc3cc(C)c4nccnc4c3)OC(=O)N3CCC(N4CCc5ccccc5NC4=O)CC3)CC2)CC1. The standard InChI is InChI=1S/C41H53N7O6/c1-3-53-37(49)27-45-17-8-30(9-18-45)31-10-19-46(20-11-31)39(50)36(26-29-24-28(2)38-35(25-29)42-15-16-43-38)54-41(52)47-21-13-33(14-22-47)48-23-12-32-6-4-5-7-34(32)44-40(48)51/h4-7,15-16,24-25,30-31,33,36H,3,8-14,17-23,26-27H2,1-2H3,(H,44,51)/t36-/m1/s1. The average molecular weight is 740 g/mol. The Bertz CT molecular complexity index is 1810. The molecule has 3 fully saturated rings. The summed E-state index contributed by atoms with van der Waals surface area (Å²) in [4.78, 5) is 69.8. The van der Waals surface area contributed by atoms with Crippen LogP contribution in [0.3, 0.4) is 0 Å². The maximum absolute atomic E-state index is 14.3. The normalized spacial score (nSPS) is 19.9. The number of likely N-dealkylation sites (tertiary alicyclic amines) is 3. The highest BCUT2D eigenvalue weighted by molar-refractivity contribution is 5.91. The molecule has 2 aromatic carbocycles. The number of hydrogen-bond donors (Lipinski definition) is 1. The van der Waals surface area contributed by atoms with Crippen LogP contribution in [0.1, 0.15) is 62.1 Å². The highest BCUT2D eigenvalue weighted by Crippen LogP contribution is 2.33. The van der Waals surface area contributed by atoms with Crippen LogP contribution in [-0.4, -0.2) is 125 Å². The minimum absolute atomic E-state index is 0.00794. The third-order valence-corrected chi connectivity index (χ3v) is 11.9. The van der Waals surface area contributed by atoms with Gasteiger partial charge in [0, 0.05) is 63.3 Å². The summed E-state index contributed by atoms with van der Waals surface area (Å²) >= 11 is 0. The molecule has 0 saturated carbocycles. The van der Waals surface area contributed by atoms with Crippen LogP contribution in [-0.2, 0) is 31.9 Å². The lowest BCUT2D eigenvalue weighted by molar-refractivity contribution is -0.144. The number of fused-ring (bicyclic) bond motifs is 2. The zero-order valence-electron chi connectivity index (χ0n) is 31.6. The van der Waals surface area contributed by atoms with Crippen LogP contribution in [0.25, 0.3) is 11.0 Å². The van der Waals surface area contributed by atoms with Crippen LogP contribution in [0.15, 0.2) is 48.8 Å².